The summed E-state index contributed by atoms with van der Waals surface area (Å²) in [5.41, 5.74) is 5.92. The standard InChI is InChI=1S/C25H36N4O2S.C4H5NO.C2H6/c1-17-23(32-16-26-17)19-11-9-18(10-12-19)20(15-28(5)6)27-24(31)21-8-7-13-29(21)22(30)14-25(2,3)4;1-4-2-3-6-5-4;1-2/h9-12,16,20-21H,7-8,13-15H2,1-6H3,(H,27,31);2-3H,1H3;1-2H3. The Morgan fingerprint density at radius 1 is 1.15 bits per heavy atom. The third-order valence-corrected chi connectivity index (χ3v) is 7.29. The number of aryl methyl sites for hydroxylation is 2. The maximum Gasteiger partial charge on any atom is 0.243 e. The number of nitrogens with one attached hydrogen (secondary N) is 1. The van der Waals surface area contributed by atoms with Crippen LogP contribution >= 0.6 is 11.3 Å². The van der Waals surface area contributed by atoms with Crippen LogP contribution in [0.15, 0.2) is 46.6 Å². The van der Waals surface area contributed by atoms with Crippen molar-refractivity contribution in [1.29, 1.82) is 0 Å². The Morgan fingerprint density at radius 3 is 2.30 bits per heavy atom. The lowest BCUT2D eigenvalue weighted by Gasteiger charge is -2.30. The van der Waals surface area contributed by atoms with E-state index in [1.54, 1.807) is 28.6 Å². The Kier molecular flexibility index (Phi) is 13.0. The predicted molar refractivity (Wildman–Crippen MR) is 163 cm³/mol. The first-order valence-electron chi connectivity index (χ1n) is 14.1. The molecule has 1 aliphatic rings. The van der Waals surface area contributed by atoms with E-state index in [-0.39, 0.29) is 29.3 Å². The number of carbonyl (C=O) groups excluding carboxylic acids is 2. The molecule has 0 bridgehead atoms. The number of rotatable bonds is 7. The Hall–Kier alpha value is -3.04. The lowest BCUT2D eigenvalue weighted by Crippen LogP contribution is -2.48. The lowest BCUT2D eigenvalue weighted by molar-refractivity contribution is -0.140. The summed E-state index contributed by atoms with van der Waals surface area (Å²) in [5, 5.41) is 6.78. The van der Waals surface area contributed by atoms with Crippen molar-refractivity contribution in [3.63, 3.8) is 0 Å². The molecular weight excluding hydrogens is 522 g/mol. The summed E-state index contributed by atoms with van der Waals surface area (Å²) < 4.78 is 4.46. The third kappa shape index (κ3) is 10.2. The molecule has 1 aliphatic heterocycles. The molecule has 0 radical (unpaired) electrons. The highest BCUT2D eigenvalue weighted by atomic mass is 32.1. The SMILES string of the molecule is CC.Cc1ccon1.Cc1ncsc1-c1ccc(C(CN(C)C)NC(=O)C2CCCN2C(=O)CC(C)(C)C)cc1. The van der Waals surface area contributed by atoms with Gasteiger partial charge in [0.1, 0.15) is 12.3 Å². The van der Waals surface area contributed by atoms with Crippen molar-refractivity contribution in [3.05, 3.63) is 59.1 Å². The summed E-state index contributed by atoms with van der Waals surface area (Å²) in [6.07, 6.45) is 3.60. The van der Waals surface area contributed by atoms with Crippen molar-refractivity contribution in [2.75, 3.05) is 27.2 Å². The van der Waals surface area contributed by atoms with Crippen LogP contribution < -0.4 is 5.32 Å². The molecule has 220 valence electrons. The molecular formula is C31H47N5O3S. The van der Waals surface area contributed by atoms with Crippen LogP contribution in [-0.2, 0) is 9.59 Å². The van der Waals surface area contributed by atoms with E-state index in [9.17, 15) is 9.59 Å². The summed E-state index contributed by atoms with van der Waals surface area (Å²) in [7, 11) is 4.01. The number of hydrogen-bond donors (Lipinski definition) is 1. The van der Waals surface area contributed by atoms with Crippen molar-refractivity contribution >= 4 is 23.2 Å². The van der Waals surface area contributed by atoms with Crippen molar-refractivity contribution in [2.24, 2.45) is 5.41 Å². The highest BCUT2D eigenvalue weighted by molar-refractivity contribution is 7.13. The van der Waals surface area contributed by atoms with Gasteiger partial charge < -0.3 is 19.6 Å². The molecule has 3 aromatic rings. The highest BCUT2D eigenvalue weighted by Gasteiger charge is 2.36. The highest BCUT2D eigenvalue weighted by Crippen LogP contribution is 2.29. The van der Waals surface area contributed by atoms with Crippen LogP contribution in [0.25, 0.3) is 10.4 Å². The molecule has 2 atom stereocenters. The number of amides is 2. The normalized spacial score (nSPS) is 15.6. The minimum absolute atomic E-state index is 0.0565. The van der Waals surface area contributed by atoms with E-state index >= 15 is 0 Å². The van der Waals surface area contributed by atoms with Crippen LogP contribution in [0.1, 0.15) is 76.9 Å². The summed E-state index contributed by atoms with van der Waals surface area (Å²) in [6, 6.07) is 9.64. The van der Waals surface area contributed by atoms with Crippen LogP contribution in [0, 0.1) is 19.3 Å². The average Bonchev–Trinajstić information content (AvgIpc) is 3.66. The number of hydrogen-bond acceptors (Lipinski definition) is 7. The molecule has 1 saturated heterocycles. The van der Waals surface area contributed by atoms with E-state index in [2.05, 4.69) is 69.9 Å². The molecule has 2 aromatic heterocycles. The molecule has 9 heteroatoms. The maximum absolute atomic E-state index is 13.3. The van der Waals surface area contributed by atoms with Gasteiger partial charge in [0.15, 0.2) is 0 Å². The number of thiazole rings is 1. The molecule has 1 fully saturated rings. The number of carbonyl (C=O) groups is 2. The van der Waals surface area contributed by atoms with Gasteiger partial charge in [-0.25, -0.2) is 4.98 Å². The van der Waals surface area contributed by atoms with Gasteiger partial charge in [0.2, 0.25) is 11.8 Å². The van der Waals surface area contributed by atoms with Gasteiger partial charge in [-0.05, 0) is 57.3 Å². The molecule has 0 aliphatic carbocycles. The molecule has 8 nitrogen and oxygen atoms in total. The van der Waals surface area contributed by atoms with Crippen LogP contribution in [0.4, 0.5) is 0 Å². The van der Waals surface area contributed by atoms with Crippen LogP contribution in [0.3, 0.4) is 0 Å². The van der Waals surface area contributed by atoms with Gasteiger partial charge in [0.05, 0.1) is 27.8 Å². The fourth-order valence-electron chi connectivity index (χ4n) is 4.48. The van der Waals surface area contributed by atoms with Crippen LogP contribution in [-0.4, -0.2) is 65.0 Å². The number of likely N-dealkylation sites (N-methyl/N-ethyl adjacent to an activating group) is 1. The molecule has 2 amide bonds. The van der Waals surface area contributed by atoms with E-state index < -0.39 is 0 Å². The minimum atomic E-state index is -0.381. The van der Waals surface area contributed by atoms with Gasteiger partial charge in [-0.3, -0.25) is 9.59 Å². The summed E-state index contributed by atoms with van der Waals surface area (Å²) in [5.74, 6) is 0.0163. The zero-order chi connectivity index (χ0) is 29.9. The molecule has 40 heavy (non-hydrogen) atoms. The van der Waals surface area contributed by atoms with Crippen molar-refractivity contribution in [3.8, 4) is 10.4 Å². The monoisotopic (exact) mass is 569 g/mol. The second kappa shape index (κ2) is 15.7. The first kappa shape index (κ1) is 33.2. The molecule has 4 rings (SSSR count). The van der Waals surface area contributed by atoms with Crippen LogP contribution in [0.5, 0.6) is 0 Å². The topological polar surface area (TPSA) is 91.6 Å². The summed E-state index contributed by atoms with van der Waals surface area (Å²) >= 11 is 1.64. The molecule has 2 unspecified atom stereocenters. The lowest BCUT2D eigenvalue weighted by atomic mass is 9.91. The molecule has 3 heterocycles. The fraction of sp³-hybridized carbons (Fsp3) is 0.548. The van der Waals surface area contributed by atoms with E-state index in [0.29, 0.717) is 19.5 Å². The largest absolute Gasteiger partial charge is 0.365 e. The van der Waals surface area contributed by atoms with Gasteiger partial charge in [-0.15, -0.1) is 11.3 Å². The second-order valence-corrected chi connectivity index (χ2v) is 12.2. The maximum atomic E-state index is 13.3. The number of nitrogens with zero attached hydrogens (tertiary/aromatic N) is 4. The molecule has 0 spiro atoms. The fourth-order valence-corrected chi connectivity index (χ4v) is 5.29. The Bertz CT molecular complexity index is 1170. The number of aromatic nitrogens is 2. The summed E-state index contributed by atoms with van der Waals surface area (Å²) in [4.78, 5) is 35.4. The average molecular weight is 570 g/mol. The molecule has 0 saturated carbocycles. The quantitative estimate of drug-likeness (QED) is 0.360. The Balaban J connectivity index is 0.000000609. The van der Waals surface area contributed by atoms with E-state index in [0.717, 1.165) is 35.4 Å². The zero-order valence-electron chi connectivity index (χ0n) is 25.7. The van der Waals surface area contributed by atoms with Gasteiger partial charge in [0.25, 0.3) is 0 Å². The molecule has 1 N–H and O–H groups in total. The third-order valence-electron chi connectivity index (χ3n) is 6.31. The van der Waals surface area contributed by atoms with Crippen molar-refractivity contribution in [1.82, 2.24) is 25.3 Å². The van der Waals surface area contributed by atoms with Crippen LogP contribution in [0.2, 0.25) is 0 Å². The van der Waals surface area contributed by atoms with E-state index in [1.807, 2.05) is 47.3 Å². The van der Waals surface area contributed by atoms with Gasteiger partial charge in [0, 0.05) is 25.6 Å². The first-order chi connectivity index (χ1) is 18.9. The minimum Gasteiger partial charge on any atom is -0.365 e. The second-order valence-electron chi connectivity index (χ2n) is 11.3. The Labute approximate surface area is 244 Å². The molecule has 1 aromatic carbocycles. The van der Waals surface area contributed by atoms with Gasteiger partial charge in [-0.2, -0.15) is 0 Å². The number of likely N-dealkylation sites (tertiary alicyclic amines) is 1. The van der Waals surface area contributed by atoms with Gasteiger partial charge in [-0.1, -0.05) is 64.0 Å². The van der Waals surface area contributed by atoms with Crippen molar-refractivity contribution < 1.29 is 14.1 Å². The summed E-state index contributed by atoms with van der Waals surface area (Å²) in [6.45, 7) is 15.4. The van der Waals surface area contributed by atoms with E-state index in [1.165, 1.54) is 4.88 Å². The van der Waals surface area contributed by atoms with Crippen molar-refractivity contribution in [2.45, 2.75) is 79.8 Å². The predicted octanol–water partition coefficient (Wildman–Crippen LogP) is 6.27. The first-order valence-corrected chi connectivity index (χ1v) is 14.9. The zero-order valence-corrected chi connectivity index (χ0v) is 26.5. The smallest absolute Gasteiger partial charge is 0.243 e. The van der Waals surface area contributed by atoms with E-state index in [4.69, 9.17) is 0 Å². The number of benzene rings is 1. The van der Waals surface area contributed by atoms with Gasteiger partial charge >= 0.3 is 0 Å². The Morgan fingerprint density at radius 2 is 1.82 bits per heavy atom.